The Morgan fingerprint density at radius 2 is 2.04 bits per heavy atom. The van der Waals surface area contributed by atoms with Crippen molar-refractivity contribution in [2.24, 2.45) is 11.0 Å². The molecule has 0 saturated heterocycles. The number of nitrogens with one attached hydrogen (secondary N) is 1. The number of carbonyl (C=O) groups excluding carboxylic acids is 1. The third kappa shape index (κ3) is 3.38. The molecule has 1 aliphatic heterocycles. The molecule has 1 aliphatic carbocycles. The fourth-order valence-electron chi connectivity index (χ4n) is 3.52. The molecule has 2 atom stereocenters. The largest absolute Gasteiger partial charge is 0.508 e. The van der Waals surface area contributed by atoms with Crippen molar-refractivity contribution < 1.29 is 14.6 Å². The molecule has 2 N–H and O–H groups in total. The number of hydrogen-bond acceptors (Lipinski definition) is 5. The Morgan fingerprint density at radius 3 is 2.78 bits per heavy atom. The molecule has 5 heteroatoms. The van der Waals surface area contributed by atoms with Crippen LogP contribution in [-0.4, -0.2) is 23.4 Å². The molecule has 23 heavy (non-hydrogen) atoms. The van der Waals surface area contributed by atoms with Crippen LogP contribution < -0.4 is 5.43 Å². The second kappa shape index (κ2) is 6.86. The lowest BCUT2D eigenvalue weighted by molar-refractivity contribution is -0.134. The summed E-state index contributed by atoms with van der Waals surface area (Å²) in [5.74, 6) is 0.551. The third-order valence-corrected chi connectivity index (χ3v) is 4.74. The summed E-state index contributed by atoms with van der Waals surface area (Å²) in [4.78, 5) is 10.6. The van der Waals surface area contributed by atoms with Crippen molar-refractivity contribution in [3.8, 4) is 5.75 Å². The zero-order chi connectivity index (χ0) is 16.2. The molecule has 1 heterocycles. The Kier molecular flexibility index (Phi) is 4.65. The molecule has 3 rings (SSSR count). The molecule has 0 bridgehead atoms. The summed E-state index contributed by atoms with van der Waals surface area (Å²) in [7, 11) is 0. The van der Waals surface area contributed by atoms with Crippen LogP contribution in [0.1, 0.15) is 44.6 Å². The van der Waals surface area contributed by atoms with Crippen molar-refractivity contribution in [2.45, 2.75) is 45.1 Å². The molecule has 2 aliphatic rings. The van der Waals surface area contributed by atoms with E-state index in [1.54, 1.807) is 12.1 Å². The van der Waals surface area contributed by atoms with E-state index in [1.807, 2.05) is 12.1 Å². The van der Waals surface area contributed by atoms with Gasteiger partial charge < -0.3 is 9.84 Å². The summed E-state index contributed by atoms with van der Waals surface area (Å²) in [6, 6.07) is 7.20. The molecule has 1 aromatic carbocycles. The molecule has 0 radical (unpaired) electrons. The Labute approximate surface area is 136 Å². The third-order valence-electron chi connectivity index (χ3n) is 4.74. The number of ether oxygens (including phenoxy) is 1. The summed E-state index contributed by atoms with van der Waals surface area (Å²) >= 11 is 0. The second-order valence-electron chi connectivity index (χ2n) is 6.18. The van der Waals surface area contributed by atoms with Gasteiger partial charge in [0.25, 0.3) is 6.47 Å². The lowest BCUT2D eigenvalue weighted by Gasteiger charge is -2.32. The van der Waals surface area contributed by atoms with Gasteiger partial charge in [0.15, 0.2) is 0 Å². The first-order valence-electron chi connectivity index (χ1n) is 8.10. The Morgan fingerprint density at radius 1 is 1.26 bits per heavy atom. The summed E-state index contributed by atoms with van der Waals surface area (Å²) < 4.78 is 5.18. The van der Waals surface area contributed by atoms with Gasteiger partial charge in [-0.2, -0.15) is 5.10 Å². The first-order chi connectivity index (χ1) is 11.2. The molecule has 2 unspecified atom stereocenters. The van der Waals surface area contributed by atoms with Gasteiger partial charge in [-0.1, -0.05) is 0 Å². The SMILES string of the molecule is CC1=C2CCC(OC=O)CCCC2C(c2ccc(O)cc2)=NN1. The van der Waals surface area contributed by atoms with E-state index < -0.39 is 0 Å². The molecule has 1 saturated carbocycles. The average Bonchev–Trinajstić information content (AvgIpc) is 2.52. The first-order valence-corrected chi connectivity index (χ1v) is 8.10. The lowest BCUT2D eigenvalue weighted by Crippen LogP contribution is -2.31. The van der Waals surface area contributed by atoms with Crippen LogP contribution in [0, 0.1) is 5.92 Å². The maximum Gasteiger partial charge on any atom is 0.293 e. The number of nitrogens with zero attached hydrogens (tertiary/aromatic N) is 1. The van der Waals surface area contributed by atoms with Crippen LogP contribution >= 0.6 is 0 Å². The van der Waals surface area contributed by atoms with Crippen LogP contribution in [0.4, 0.5) is 0 Å². The number of fused-ring (bicyclic) bond motifs is 1. The van der Waals surface area contributed by atoms with Crippen LogP contribution in [0.2, 0.25) is 0 Å². The standard InChI is InChI=1S/C18H22N2O3/c1-12-16-10-9-15(23-11-21)3-2-4-17(16)18(20-19-12)13-5-7-14(22)8-6-13/h5-8,11,15,17,19,22H,2-4,9-10H2,1H3. The van der Waals surface area contributed by atoms with Gasteiger partial charge in [-0.3, -0.25) is 10.2 Å². The number of rotatable bonds is 3. The lowest BCUT2D eigenvalue weighted by atomic mass is 9.79. The van der Waals surface area contributed by atoms with Gasteiger partial charge in [0.2, 0.25) is 0 Å². The first kappa shape index (κ1) is 15.6. The Bertz CT molecular complexity index is 634. The average molecular weight is 314 g/mol. The molecular formula is C18H22N2O3. The van der Waals surface area contributed by atoms with E-state index in [0.717, 1.165) is 49.1 Å². The van der Waals surface area contributed by atoms with E-state index in [1.165, 1.54) is 5.57 Å². The highest BCUT2D eigenvalue weighted by Crippen LogP contribution is 2.35. The van der Waals surface area contributed by atoms with Crippen molar-refractivity contribution in [3.05, 3.63) is 41.1 Å². The minimum atomic E-state index is 0.0183. The van der Waals surface area contributed by atoms with Gasteiger partial charge in [0.05, 0.1) is 5.71 Å². The Hall–Kier alpha value is -2.30. The van der Waals surface area contributed by atoms with Gasteiger partial charge in [-0.25, -0.2) is 0 Å². The van der Waals surface area contributed by atoms with E-state index in [9.17, 15) is 9.90 Å². The molecule has 0 spiro atoms. The van der Waals surface area contributed by atoms with Crippen LogP contribution in [0.25, 0.3) is 0 Å². The number of phenolic OH excluding ortho intramolecular Hbond substituents is 1. The maximum absolute atomic E-state index is 10.6. The van der Waals surface area contributed by atoms with Crippen LogP contribution in [-0.2, 0) is 9.53 Å². The van der Waals surface area contributed by atoms with E-state index in [4.69, 9.17) is 4.74 Å². The molecule has 0 aromatic heterocycles. The summed E-state index contributed by atoms with van der Waals surface area (Å²) in [5, 5.41) is 14.0. The molecule has 1 aromatic rings. The summed E-state index contributed by atoms with van der Waals surface area (Å²) in [6.45, 7) is 2.62. The number of carbonyl (C=O) groups is 1. The highest BCUT2D eigenvalue weighted by molar-refractivity contribution is 6.04. The second-order valence-corrected chi connectivity index (χ2v) is 6.18. The van der Waals surface area contributed by atoms with E-state index in [-0.39, 0.29) is 17.8 Å². The van der Waals surface area contributed by atoms with Crippen molar-refractivity contribution in [2.75, 3.05) is 0 Å². The molecule has 1 fully saturated rings. The quantitative estimate of drug-likeness (QED) is 0.841. The minimum absolute atomic E-state index is 0.0183. The highest BCUT2D eigenvalue weighted by atomic mass is 16.5. The van der Waals surface area contributed by atoms with Crippen molar-refractivity contribution >= 4 is 12.2 Å². The van der Waals surface area contributed by atoms with E-state index in [2.05, 4.69) is 17.5 Å². The van der Waals surface area contributed by atoms with Crippen LogP contribution in [0.3, 0.4) is 0 Å². The zero-order valence-corrected chi connectivity index (χ0v) is 13.3. The number of aromatic hydroxyl groups is 1. The topological polar surface area (TPSA) is 70.9 Å². The number of benzene rings is 1. The van der Waals surface area contributed by atoms with E-state index in [0.29, 0.717) is 6.47 Å². The number of phenols is 1. The predicted molar refractivity (Wildman–Crippen MR) is 88.0 cm³/mol. The summed E-state index contributed by atoms with van der Waals surface area (Å²) in [5.41, 5.74) is 7.65. The number of allylic oxidation sites excluding steroid dienone is 2. The van der Waals surface area contributed by atoms with E-state index >= 15 is 0 Å². The highest BCUT2D eigenvalue weighted by Gasteiger charge is 2.29. The fourth-order valence-corrected chi connectivity index (χ4v) is 3.52. The van der Waals surface area contributed by atoms with Gasteiger partial charge in [-0.05, 0) is 74.4 Å². The van der Waals surface area contributed by atoms with Crippen LogP contribution in [0.5, 0.6) is 5.75 Å². The zero-order valence-electron chi connectivity index (χ0n) is 13.3. The fraction of sp³-hybridized carbons (Fsp3) is 0.444. The van der Waals surface area contributed by atoms with Gasteiger partial charge >= 0.3 is 0 Å². The van der Waals surface area contributed by atoms with Gasteiger partial charge in [0, 0.05) is 11.6 Å². The monoisotopic (exact) mass is 314 g/mol. The Balaban J connectivity index is 1.84. The van der Waals surface area contributed by atoms with Gasteiger partial charge in [0.1, 0.15) is 11.9 Å². The molecule has 122 valence electrons. The normalized spacial score (nSPS) is 24.7. The van der Waals surface area contributed by atoms with Crippen molar-refractivity contribution in [1.82, 2.24) is 5.43 Å². The predicted octanol–water partition coefficient (Wildman–Crippen LogP) is 3.10. The molecular weight excluding hydrogens is 292 g/mol. The minimum Gasteiger partial charge on any atom is -0.508 e. The van der Waals surface area contributed by atoms with Crippen LogP contribution in [0.15, 0.2) is 40.6 Å². The number of hydrazone groups is 1. The van der Waals surface area contributed by atoms with Gasteiger partial charge in [-0.15, -0.1) is 0 Å². The molecule has 0 amide bonds. The smallest absolute Gasteiger partial charge is 0.293 e. The van der Waals surface area contributed by atoms with Crippen molar-refractivity contribution in [1.29, 1.82) is 0 Å². The van der Waals surface area contributed by atoms with Crippen molar-refractivity contribution in [3.63, 3.8) is 0 Å². The molecule has 5 nitrogen and oxygen atoms in total. The number of hydrogen-bond donors (Lipinski definition) is 2. The summed E-state index contributed by atoms with van der Waals surface area (Å²) in [6.07, 6.45) is 4.66. The maximum atomic E-state index is 10.6.